The molecule has 0 bridgehead atoms. The van der Waals surface area contributed by atoms with Gasteiger partial charge in [0.15, 0.2) is 0 Å². The molecule has 134 valence electrons. The average Bonchev–Trinajstić information content (AvgIpc) is 2.86. The molecule has 3 heteroatoms. The van der Waals surface area contributed by atoms with Crippen molar-refractivity contribution in [1.82, 2.24) is 0 Å². The zero-order chi connectivity index (χ0) is 18.8. The van der Waals surface area contributed by atoms with Crippen LogP contribution in [0.3, 0.4) is 0 Å². The molecule has 4 aromatic rings. The van der Waals surface area contributed by atoms with Crippen molar-refractivity contribution in [3.63, 3.8) is 0 Å². The molecule has 0 aromatic heterocycles. The molecule has 1 aliphatic heterocycles. The molecule has 0 amide bonds. The third kappa shape index (κ3) is 2.49. The van der Waals surface area contributed by atoms with Gasteiger partial charge < -0.3 is 9.31 Å². The number of hydrogen-bond acceptors (Lipinski definition) is 2. The van der Waals surface area contributed by atoms with E-state index >= 15 is 0 Å². The van der Waals surface area contributed by atoms with Crippen LogP contribution >= 0.6 is 0 Å². The van der Waals surface area contributed by atoms with Crippen LogP contribution in [-0.2, 0) is 9.31 Å². The summed E-state index contributed by atoms with van der Waals surface area (Å²) in [4.78, 5) is 0. The first-order chi connectivity index (χ1) is 12.9. The van der Waals surface area contributed by atoms with Crippen LogP contribution < -0.4 is 5.46 Å². The van der Waals surface area contributed by atoms with Crippen molar-refractivity contribution >= 4 is 44.9 Å². The lowest BCUT2D eigenvalue weighted by molar-refractivity contribution is 0.00578. The van der Waals surface area contributed by atoms with E-state index in [0.29, 0.717) is 0 Å². The summed E-state index contributed by atoms with van der Waals surface area (Å²) >= 11 is 0. The zero-order valence-corrected chi connectivity index (χ0v) is 16.2. The lowest BCUT2D eigenvalue weighted by atomic mass is 9.75. The molecule has 1 heterocycles. The predicted octanol–water partition coefficient (Wildman–Crippen LogP) is 5.45. The van der Waals surface area contributed by atoms with Gasteiger partial charge >= 0.3 is 7.12 Å². The largest absolute Gasteiger partial charge is 0.495 e. The number of hydrogen-bond donors (Lipinski definition) is 0. The van der Waals surface area contributed by atoms with Gasteiger partial charge in [0, 0.05) is 0 Å². The van der Waals surface area contributed by atoms with Gasteiger partial charge in [0.05, 0.1) is 11.2 Å². The van der Waals surface area contributed by atoms with Gasteiger partial charge in [-0.1, -0.05) is 54.6 Å². The molecule has 0 radical (unpaired) electrons. The Bertz CT molecular complexity index is 1180. The Hall–Kier alpha value is -2.36. The maximum absolute atomic E-state index is 6.32. The third-order valence-electron chi connectivity index (χ3n) is 6.28. The van der Waals surface area contributed by atoms with Crippen LogP contribution in [0.1, 0.15) is 27.7 Å². The maximum atomic E-state index is 6.32. The minimum atomic E-state index is -0.350. The van der Waals surface area contributed by atoms with Crippen LogP contribution in [0.15, 0.2) is 66.7 Å². The van der Waals surface area contributed by atoms with Crippen LogP contribution in [0.5, 0.6) is 0 Å². The lowest BCUT2D eigenvalue weighted by Gasteiger charge is -2.32. The maximum Gasteiger partial charge on any atom is 0.495 e. The van der Waals surface area contributed by atoms with Crippen molar-refractivity contribution in [3.05, 3.63) is 66.7 Å². The van der Waals surface area contributed by atoms with Gasteiger partial charge in [0.1, 0.15) is 0 Å². The Kier molecular flexibility index (Phi) is 3.47. The molecule has 2 nitrogen and oxygen atoms in total. The van der Waals surface area contributed by atoms with Crippen LogP contribution in [0.4, 0.5) is 0 Å². The summed E-state index contributed by atoms with van der Waals surface area (Å²) in [6.07, 6.45) is 0. The highest BCUT2D eigenvalue weighted by molar-refractivity contribution is 6.65. The first kappa shape index (κ1) is 16.8. The molecular weight excluding hydrogens is 331 g/mol. The second kappa shape index (κ2) is 5.57. The highest BCUT2D eigenvalue weighted by atomic mass is 16.7. The molecule has 1 aliphatic rings. The van der Waals surface area contributed by atoms with Gasteiger partial charge in [-0.2, -0.15) is 0 Å². The summed E-state index contributed by atoms with van der Waals surface area (Å²) in [6.45, 7) is 8.39. The lowest BCUT2D eigenvalue weighted by Crippen LogP contribution is -2.41. The Labute approximate surface area is 160 Å². The summed E-state index contributed by atoms with van der Waals surface area (Å²) in [5, 5.41) is 7.49. The first-order valence-corrected chi connectivity index (χ1v) is 9.56. The Morgan fingerprint density at radius 3 is 1.96 bits per heavy atom. The average molecular weight is 354 g/mol. The standard InChI is InChI=1S/C24H23BO2/c1-23(2)24(3,4)27-25(26-23)22-11-7-10-19-20(22)13-12-18-14-16-8-5-6-9-17(16)15-21(18)19/h5-15H,1-4H3. The Balaban J connectivity index is 1.74. The fourth-order valence-corrected chi connectivity index (χ4v) is 3.98. The molecule has 0 atom stereocenters. The summed E-state index contributed by atoms with van der Waals surface area (Å²) in [5.74, 6) is 0. The summed E-state index contributed by atoms with van der Waals surface area (Å²) in [5.41, 5.74) is 0.418. The molecule has 0 N–H and O–H groups in total. The molecule has 27 heavy (non-hydrogen) atoms. The third-order valence-corrected chi connectivity index (χ3v) is 6.28. The van der Waals surface area contributed by atoms with E-state index in [1.807, 2.05) is 0 Å². The van der Waals surface area contributed by atoms with Gasteiger partial charge in [0.2, 0.25) is 0 Å². The highest BCUT2D eigenvalue weighted by Crippen LogP contribution is 2.37. The van der Waals surface area contributed by atoms with Gasteiger partial charge in [-0.3, -0.25) is 0 Å². The zero-order valence-electron chi connectivity index (χ0n) is 16.2. The normalized spacial score (nSPS) is 18.6. The highest BCUT2D eigenvalue weighted by Gasteiger charge is 2.52. The Morgan fingerprint density at radius 2 is 1.26 bits per heavy atom. The van der Waals surface area contributed by atoms with E-state index in [-0.39, 0.29) is 18.3 Å². The van der Waals surface area contributed by atoms with E-state index in [1.165, 1.54) is 32.3 Å². The monoisotopic (exact) mass is 354 g/mol. The molecule has 5 rings (SSSR count). The SMILES string of the molecule is CC1(C)OB(c2cccc3c2ccc2cc4ccccc4cc23)OC1(C)C. The molecule has 0 spiro atoms. The van der Waals surface area contributed by atoms with Crippen molar-refractivity contribution in [2.75, 3.05) is 0 Å². The molecule has 0 unspecified atom stereocenters. The topological polar surface area (TPSA) is 18.5 Å². The molecule has 4 aromatic carbocycles. The van der Waals surface area contributed by atoms with Crippen LogP contribution in [0.2, 0.25) is 0 Å². The summed E-state index contributed by atoms with van der Waals surface area (Å²) in [7, 11) is -0.350. The second-order valence-corrected chi connectivity index (χ2v) is 8.52. The van der Waals surface area contributed by atoms with E-state index in [9.17, 15) is 0 Å². The number of benzene rings is 4. The molecule has 0 aliphatic carbocycles. The van der Waals surface area contributed by atoms with Crippen LogP contribution in [0, 0.1) is 0 Å². The number of fused-ring (bicyclic) bond motifs is 4. The second-order valence-electron chi connectivity index (χ2n) is 8.52. The van der Waals surface area contributed by atoms with Crippen molar-refractivity contribution in [2.24, 2.45) is 0 Å². The fraction of sp³-hybridized carbons (Fsp3) is 0.250. The minimum Gasteiger partial charge on any atom is -0.399 e. The van der Waals surface area contributed by atoms with Crippen molar-refractivity contribution in [2.45, 2.75) is 38.9 Å². The van der Waals surface area contributed by atoms with Gasteiger partial charge in [-0.15, -0.1) is 0 Å². The van der Waals surface area contributed by atoms with Gasteiger partial charge in [-0.05, 0) is 77.6 Å². The molecule has 1 fully saturated rings. The quantitative estimate of drug-likeness (QED) is 0.257. The van der Waals surface area contributed by atoms with E-state index in [1.54, 1.807) is 0 Å². The van der Waals surface area contributed by atoms with Gasteiger partial charge in [-0.25, -0.2) is 0 Å². The Morgan fingerprint density at radius 1 is 0.593 bits per heavy atom. The van der Waals surface area contributed by atoms with E-state index in [4.69, 9.17) is 9.31 Å². The number of rotatable bonds is 1. The van der Waals surface area contributed by atoms with E-state index in [2.05, 4.69) is 94.4 Å². The molecule has 1 saturated heterocycles. The molecular formula is C24H23BO2. The van der Waals surface area contributed by atoms with Gasteiger partial charge in [0.25, 0.3) is 0 Å². The smallest absolute Gasteiger partial charge is 0.399 e. The minimum absolute atomic E-state index is 0.340. The summed E-state index contributed by atoms with van der Waals surface area (Å²) in [6, 6.07) is 23.9. The first-order valence-electron chi connectivity index (χ1n) is 9.56. The fourth-order valence-electron chi connectivity index (χ4n) is 3.98. The summed E-state index contributed by atoms with van der Waals surface area (Å²) < 4.78 is 12.6. The van der Waals surface area contributed by atoms with Crippen LogP contribution in [0.25, 0.3) is 32.3 Å². The van der Waals surface area contributed by atoms with Crippen molar-refractivity contribution in [1.29, 1.82) is 0 Å². The van der Waals surface area contributed by atoms with E-state index < -0.39 is 0 Å². The molecule has 0 saturated carbocycles. The van der Waals surface area contributed by atoms with Crippen LogP contribution in [-0.4, -0.2) is 18.3 Å². The van der Waals surface area contributed by atoms with E-state index in [0.717, 1.165) is 5.46 Å². The predicted molar refractivity (Wildman–Crippen MR) is 115 cm³/mol. The van der Waals surface area contributed by atoms with Crippen molar-refractivity contribution < 1.29 is 9.31 Å². The van der Waals surface area contributed by atoms with Crippen molar-refractivity contribution in [3.8, 4) is 0 Å².